The smallest absolute Gasteiger partial charge is 0.143 e. The summed E-state index contributed by atoms with van der Waals surface area (Å²) in [6.45, 7) is 5.07. The van der Waals surface area contributed by atoms with E-state index in [0.717, 1.165) is 10.0 Å². The molecule has 5 heteroatoms. The molecule has 0 fully saturated rings. The van der Waals surface area contributed by atoms with Crippen molar-refractivity contribution >= 4 is 22.9 Å². The molecule has 0 spiro atoms. The van der Waals surface area contributed by atoms with Gasteiger partial charge in [-0.25, -0.2) is 0 Å². The monoisotopic (exact) mass is 206 g/mol. The summed E-state index contributed by atoms with van der Waals surface area (Å²) in [5.74, 6) is 0. The van der Waals surface area contributed by atoms with E-state index in [-0.39, 0.29) is 5.38 Å². The number of aromatic nitrogens is 2. The number of hydrogen-bond acceptors (Lipinski definition) is 4. The maximum absolute atomic E-state index is 5.82. The lowest BCUT2D eigenvalue weighted by Gasteiger charge is -1.93. The first-order valence-corrected chi connectivity index (χ1v) is 5.03. The summed E-state index contributed by atoms with van der Waals surface area (Å²) in [5.41, 5.74) is 0. The summed E-state index contributed by atoms with van der Waals surface area (Å²) in [6.07, 6.45) is 0. The number of hydrogen-bond donors (Lipinski definition) is 0. The zero-order valence-electron chi connectivity index (χ0n) is 7.08. The molecule has 1 atom stereocenters. The quantitative estimate of drug-likeness (QED) is 0.710. The van der Waals surface area contributed by atoms with Crippen molar-refractivity contribution in [2.75, 3.05) is 6.61 Å². The Bertz CT molecular complexity index is 239. The van der Waals surface area contributed by atoms with Gasteiger partial charge in [0.25, 0.3) is 0 Å². The fraction of sp³-hybridized carbons (Fsp3) is 0.714. The molecule has 0 aliphatic heterocycles. The lowest BCUT2D eigenvalue weighted by molar-refractivity contribution is 0.133. The van der Waals surface area contributed by atoms with E-state index in [1.165, 1.54) is 11.3 Å². The van der Waals surface area contributed by atoms with Crippen molar-refractivity contribution in [1.82, 2.24) is 10.2 Å². The predicted octanol–water partition coefficient (Wildman–Crippen LogP) is 2.37. The molecule has 0 saturated heterocycles. The second-order valence-electron chi connectivity index (χ2n) is 2.29. The van der Waals surface area contributed by atoms with Crippen molar-refractivity contribution < 1.29 is 4.74 Å². The van der Waals surface area contributed by atoms with E-state index >= 15 is 0 Å². The van der Waals surface area contributed by atoms with E-state index in [1.807, 2.05) is 13.8 Å². The van der Waals surface area contributed by atoms with Crippen LogP contribution in [0.5, 0.6) is 0 Å². The van der Waals surface area contributed by atoms with Crippen molar-refractivity contribution in [2.45, 2.75) is 25.8 Å². The van der Waals surface area contributed by atoms with Crippen molar-refractivity contribution in [2.24, 2.45) is 0 Å². The van der Waals surface area contributed by atoms with Crippen LogP contribution < -0.4 is 0 Å². The molecule has 1 rings (SSSR count). The van der Waals surface area contributed by atoms with E-state index in [9.17, 15) is 0 Å². The predicted molar refractivity (Wildman–Crippen MR) is 49.5 cm³/mol. The molecule has 0 aromatic carbocycles. The lowest BCUT2D eigenvalue weighted by Crippen LogP contribution is -1.90. The molecule has 1 aromatic rings. The minimum atomic E-state index is -0.0575. The van der Waals surface area contributed by atoms with Gasteiger partial charge in [0, 0.05) is 6.61 Å². The van der Waals surface area contributed by atoms with Crippen LogP contribution in [0.25, 0.3) is 0 Å². The highest BCUT2D eigenvalue weighted by atomic mass is 35.5. The normalized spacial score (nSPS) is 13.2. The first kappa shape index (κ1) is 9.89. The van der Waals surface area contributed by atoms with Crippen molar-refractivity contribution in [3.63, 3.8) is 0 Å². The van der Waals surface area contributed by atoms with Crippen LogP contribution in [-0.2, 0) is 11.3 Å². The second-order valence-corrected chi connectivity index (χ2v) is 4.04. The second kappa shape index (κ2) is 4.74. The van der Waals surface area contributed by atoms with E-state index in [2.05, 4.69) is 10.2 Å². The standard InChI is InChI=1S/C7H11ClN2OS/c1-3-11-4-6-9-10-7(12-6)5(2)8/h5H,3-4H2,1-2H3. The minimum Gasteiger partial charge on any atom is -0.374 e. The highest BCUT2D eigenvalue weighted by Crippen LogP contribution is 2.22. The van der Waals surface area contributed by atoms with Gasteiger partial charge in [0.1, 0.15) is 16.6 Å². The zero-order valence-corrected chi connectivity index (χ0v) is 8.65. The third-order valence-corrected chi connectivity index (χ3v) is 2.67. The van der Waals surface area contributed by atoms with E-state index < -0.39 is 0 Å². The van der Waals surface area contributed by atoms with Crippen LogP contribution in [0.15, 0.2) is 0 Å². The molecule has 1 heterocycles. The van der Waals surface area contributed by atoms with Crippen molar-refractivity contribution in [1.29, 1.82) is 0 Å². The highest BCUT2D eigenvalue weighted by molar-refractivity contribution is 7.11. The molecule has 0 aliphatic rings. The molecule has 0 radical (unpaired) electrons. The third kappa shape index (κ3) is 2.69. The minimum absolute atomic E-state index is 0.0575. The largest absolute Gasteiger partial charge is 0.374 e. The SMILES string of the molecule is CCOCc1nnc(C(C)Cl)s1. The van der Waals surface area contributed by atoms with Gasteiger partial charge in [0.2, 0.25) is 0 Å². The van der Waals surface area contributed by atoms with Gasteiger partial charge in [-0.05, 0) is 13.8 Å². The van der Waals surface area contributed by atoms with Gasteiger partial charge in [-0.15, -0.1) is 21.8 Å². The third-order valence-electron chi connectivity index (χ3n) is 1.25. The molecule has 0 aliphatic carbocycles. The van der Waals surface area contributed by atoms with Crippen LogP contribution in [0.2, 0.25) is 0 Å². The van der Waals surface area contributed by atoms with Crippen LogP contribution in [0.1, 0.15) is 29.2 Å². The summed E-state index contributed by atoms with van der Waals surface area (Å²) >= 11 is 7.32. The van der Waals surface area contributed by atoms with Crippen molar-refractivity contribution in [3.8, 4) is 0 Å². The Morgan fingerprint density at radius 1 is 1.58 bits per heavy atom. The van der Waals surface area contributed by atoms with Crippen LogP contribution in [0.3, 0.4) is 0 Å². The summed E-state index contributed by atoms with van der Waals surface area (Å²) in [5, 5.41) is 9.54. The molecule has 3 nitrogen and oxygen atoms in total. The first-order chi connectivity index (χ1) is 5.74. The molecule has 0 saturated carbocycles. The van der Waals surface area contributed by atoms with Crippen LogP contribution in [0.4, 0.5) is 0 Å². The Morgan fingerprint density at radius 3 is 2.83 bits per heavy atom. The number of nitrogens with zero attached hydrogens (tertiary/aromatic N) is 2. The van der Waals surface area contributed by atoms with Crippen LogP contribution >= 0.6 is 22.9 Å². The summed E-state index contributed by atoms with van der Waals surface area (Å²) in [6, 6.07) is 0. The zero-order chi connectivity index (χ0) is 8.97. The lowest BCUT2D eigenvalue weighted by atomic mass is 10.5. The molecular formula is C7H11ClN2OS. The topological polar surface area (TPSA) is 35.0 Å². The molecule has 0 N–H and O–H groups in total. The molecular weight excluding hydrogens is 196 g/mol. The number of alkyl halides is 1. The maximum atomic E-state index is 5.82. The maximum Gasteiger partial charge on any atom is 0.143 e. The molecule has 1 aromatic heterocycles. The molecule has 0 bridgehead atoms. The Labute approximate surface area is 80.7 Å². The summed E-state index contributed by atoms with van der Waals surface area (Å²) in [4.78, 5) is 0. The summed E-state index contributed by atoms with van der Waals surface area (Å²) < 4.78 is 5.18. The molecule has 0 amide bonds. The molecule has 1 unspecified atom stereocenters. The van der Waals surface area contributed by atoms with Crippen LogP contribution in [-0.4, -0.2) is 16.8 Å². The first-order valence-electron chi connectivity index (χ1n) is 3.78. The van der Waals surface area contributed by atoms with Crippen LogP contribution in [0, 0.1) is 0 Å². The van der Waals surface area contributed by atoms with Gasteiger partial charge in [-0.3, -0.25) is 0 Å². The van der Waals surface area contributed by atoms with Gasteiger partial charge >= 0.3 is 0 Å². The Kier molecular flexibility index (Phi) is 3.91. The number of halogens is 1. The average molecular weight is 207 g/mol. The Hall–Kier alpha value is -0.190. The van der Waals surface area contributed by atoms with Crippen molar-refractivity contribution in [3.05, 3.63) is 10.0 Å². The molecule has 12 heavy (non-hydrogen) atoms. The van der Waals surface area contributed by atoms with Gasteiger partial charge in [-0.2, -0.15) is 0 Å². The van der Waals surface area contributed by atoms with Gasteiger partial charge < -0.3 is 4.74 Å². The molecule has 68 valence electrons. The Balaban J connectivity index is 2.52. The number of rotatable bonds is 4. The van der Waals surface area contributed by atoms with Gasteiger partial charge in [0.05, 0.1) is 5.38 Å². The van der Waals surface area contributed by atoms with Gasteiger partial charge in [0.15, 0.2) is 0 Å². The fourth-order valence-corrected chi connectivity index (χ4v) is 1.56. The fourth-order valence-electron chi connectivity index (χ4n) is 0.675. The summed E-state index contributed by atoms with van der Waals surface area (Å²) in [7, 11) is 0. The van der Waals surface area contributed by atoms with Gasteiger partial charge in [-0.1, -0.05) is 11.3 Å². The van der Waals surface area contributed by atoms with E-state index in [1.54, 1.807) is 0 Å². The Morgan fingerprint density at radius 2 is 2.33 bits per heavy atom. The van der Waals surface area contributed by atoms with E-state index in [0.29, 0.717) is 13.2 Å². The number of ether oxygens (including phenoxy) is 1. The van der Waals surface area contributed by atoms with E-state index in [4.69, 9.17) is 16.3 Å². The highest BCUT2D eigenvalue weighted by Gasteiger charge is 2.08. The average Bonchev–Trinajstić information content (AvgIpc) is 2.48.